The zero-order chi connectivity index (χ0) is 21.1. The van der Waals surface area contributed by atoms with E-state index in [1.807, 2.05) is 0 Å². The standard InChI is InChI=1S/C19H14Cl2N2O4S2/c1-26-12-5-3-10(15(9-12)27-2)7-16-18(25)23(19(28)29-16)22-17(24)13-6-4-11(20)8-14(13)21/h3-9H,1-2H3,(H,22,24). The Hall–Kier alpha value is -2.26. The van der Waals surface area contributed by atoms with Crippen LogP contribution in [0.25, 0.3) is 6.08 Å². The van der Waals surface area contributed by atoms with Crippen LogP contribution in [0.5, 0.6) is 11.5 Å². The number of nitrogens with one attached hydrogen (secondary N) is 1. The lowest BCUT2D eigenvalue weighted by molar-refractivity contribution is -0.123. The van der Waals surface area contributed by atoms with Gasteiger partial charge in [0.05, 0.1) is 29.7 Å². The first-order valence-electron chi connectivity index (χ1n) is 8.10. The molecule has 1 aliphatic rings. The minimum Gasteiger partial charge on any atom is -0.497 e. The molecule has 0 unspecified atom stereocenters. The third-order valence-corrected chi connectivity index (χ3v) is 5.76. The zero-order valence-corrected chi connectivity index (χ0v) is 18.3. The normalized spacial score (nSPS) is 15.0. The molecule has 3 rings (SSSR count). The van der Waals surface area contributed by atoms with E-state index in [1.165, 1.54) is 25.3 Å². The first-order valence-corrected chi connectivity index (χ1v) is 10.1. The van der Waals surface area contributed by atoms with Gasteiger partial charge in [0.1, 0.15) is 11.5 Å². The van der Waals surface area contributed by atoms with Gasteiger partial charge in [-0.3, -0.25) is 15.0 Å². The number of rotatable bonds is 5. The molecule has 1 aliphatic heterocycles. The highest BCUT2D eigenvalue weighted by Gasteiger charge is 2.34. The van der Waals surface area contributed by atoms with Gasteiger partial charge in [-0.2, -0.15) is 5.01 Å². The predicted molar refractivity (Wildman–Crippen MR) is 118 cm³/mol. The second kappa shape index (κ2) is 9.04. The summed E-state index contributed by atoms with van der Waals surface area (Å²) in [5.41, 5.74) is 3.32. The van der Waals surface area contributed by atoms with Crippen LogP contribution < -0.4 is 14.9 Å². The molecular formula is C19H14Cl2N2O4S2. The Balaban J connectivity index is 1.83. The van der Waals surface area contributed by atoms with E-state index < -0.39 is 11.8 Å². The summed E-state index contributed by atoms with van der Waals surface area (Å²) in [5.74, 6) is 0.118. The number of amides is 2. The molecule has 0 radical (unpaired) electrons. The highest BCUT2D eigenvalue weighted by Crippen LogP contribution is 2.34. The van der Waals surface area contributed by atoms with E-state index in [-0.39, 0.29) is 14.9 Å². The van der Waals surface area contributed by atoms with E-state index in [1.54, 1.807) is 31.4 Å². The number of carbonyl (C=O) groups excluding carboxylic acids is 2. The maximum Gasteiger partial charge on any atom is 0.285 e. The summed E-state index contributed by atoms with van der Waals surface area (Å²) in [5, 5.41) is 1.57. The number of thioether (sulfide) groups is 1. The number of carbonyl (C=O) groups is 2. The first-order chi connectivity index (χ1) is 13.8. The summed E-state index contributed by atoms with van der Waals surface area (Å²) >= 11 is 18.2. The van der Waals surface area contributed by atoms with E-state index in [4.69, 9.17) is 44.9 Å². The van der Waals surface area contributed by atoms with Crippen molar-refractivity contribution in [3.05, 3.63) is 62.5 Å². The summed E-state index contributed by atoms with van der Waals surface area (Å²) in [7, 11) is 3.07. The highest BCUT2D eigenvalue weighted by atomic mass is 35.5. The van der Waals surface area contributed by atoms with Gasteiger partial charge in [-0.1, -0.05) is 35.0 Å². The maximum atomic E-state index is 12.8. The number of ether oxygens (including phenoxy) is 2. The fraction of sp³-hybridized carbons (Fsp3) is 0.105. The van der Waals surface area contributed by atoms with Crippen molar-refractivity contribution in [1.82, 2.24) is 10.4 Å². The zero-order valence-electron chi connectivity index (χ0n) is 15.2. The molecule has 6 nitrogen and oxygen atoms in total. The minimum absolute atomic E-state index is 0.166. The Morgan fingerprint density at radius 1 is 1.17 bits per heavy atom. The van der Waals surface area contributed by atoms with Gasteiger partial charge in [0.2, 0.25) is 0 Å². The molecule has 0 saturated carbocycles. The lowest BCUT2D eigenvalue weighted by Crippen LogP contribution is -2.44. The van der Waals surface area contributed by atoms with E-state index in [0.717, 1.165) is 16.8 Å². The predicted octanol–water partition coefficient (Wildman–Crippen LogP) is 4.56. The molecule has 0 aliphatic carbocycles. The van der Waals surface area contributed by atoms with Crippen molar-refractivity contribution < 1.29 is 19.1 Å². The number of nitrogens with zero attached hydrogens (tertiary/aromatic N) is 1. The Bertz CT molecular complexity index is 1040. The van der Waals surface area contributed by atoms with Crippen molar-refractivity contribution in [2.75, 3.05) is 14.2 Å². The monoisotopic (exact) mass is 468 g/mol. The van der Waals surface area contributed by atoms with Crippen molar-refractivity contribution in [1.29, 1.82) is 0 Å². The molecule has 1 heterocycles. The molecule has 0 aromatic heterocycles. The van der Waals surface area contributed by atoms with Crippen LogP contribution >= 0.6 is 47.2 Å². The molecule has 2 aromatic rings. The third-order valence-electron chi connectivity index (χ3n) is 3.91. The molecule has 0 bridgehead atoms. The summed E-state index contributed by atoms with van der Waals surface area (Å²) < 4.78 is 10.7. The third kappa shape index (κ3) is 4.67. The number of thiocarbonyl (C=S) groups is 1. The van der Waals surface area contributed by atoms with Crippen molar-refractivity contribution in [3.8, 4) is 11.5 Å². The number of hydrogen-bond donors (Lipinski definition) is 1. The number of methoxy groups -OCH3 is 2. The maximum absolute atomic E-state index is 12.8. The molecule has 2 amide bonds. The quantitative estimate of drug-likeness (QED) is 0.512. The SMILES string of the molecule is COc1ccc(C=C2SC(=S)N(NC(=O)c3ccc(Cl)cc3Cl)C2=O)c(OC)c1. The highest BCUT2D eigenvalue weighted by molar-refractivity contribution is 8.26. The smallest absolute Gasteiger partial charge is 0.285 e. The average Bonchev–Trinajstić information content (AvgIpc) is 2.95. The molecule has 0 atom stereocenters. The lowest BCUT2D eigenvalue weighted by Gasteiger charge is -2.16. The van der Waals surface area contributed by atoms with E-state index >= 15 is 0 Å². The Morgan fingerprint density at radius 3 is 2.59 bits per heavy atom. The fourth-order valence-electron chi connectivity index (χ4n) is 2.48. The van der Waals surface area contributed by atoms with E-state index in [0.29, 0.717) is 27.0 Å². The first kappa shape index (κ1) is 21.4. The largest absolute Gasteiger partial charge is 0.497 e. The van der Waals surface area contributed by atoms with Crippen LogP contribution in [-0.2, 0) is 4.79 Å². The Labute approximate surface area is 186 Å². The lowest BCUT2D eigenvalue weighted by atomic mass is 10.1. The molecule has 150 valence electrons. The van der Waals surface area contributed by atoms with E-state index in [2.05, 4.69) is 5.43 Å². The second-order valence-electron chi connectivity index (χ2n) is 5.69. The number of hydrogen-bond acceptors (Lipinski definition) is 6. The van der Waals surface area contributed by atoms with Crippen LogP contribution in [0.2, 0.25) is 10.0 Å². The van der Waals surface area contributed by atoms with Crippen LogP contribution in [0.3, 0.4) is 0 Å². The van der Waals surface area contributed by atoms with Gasteiger partial charge < -0.3 is 9.47 Å². The van der Waals surface area contributed by atoms with Gasteiger partial charge >= 0.3 is 0 Å². The van der Waals surface area contributed by atoms with Gasteiger partial charge in [0.25, 0.3) is 11.8 Å². The minimum atomic E-state index is -0.578. The van der Waals surface area contributed by atoms with Gasteiger partial charge in [-0.15, -0.1) is 0 Å². The molecule has 1 fully saturated rings. The Morgan fingerprint density at radius 2 is 1.93 bits per heavy atom. The van der Waals surface area contributed by atoms with Gasteiger partial charge in [-0.25, -0.2) is 0 Å². The van der Waals surface area contributed by atoms with Gasteiger partial charge in [0.15, 0.2) is 4.32 Å². The molecule has 10 heteroatoms. The summed E-state index contributed by atoms with van der Waals surface area (Å²) in [6.07, 6.45) is 1.64. The molecule has 1 N–H and O–H groups in total. The van der Waals surface area contributed by atoms with Crippen molar-refractivity contribution in [2.24, 2.45) is 0 Å². The van der Waals surface area contributed by atoms with Crippen molar-refractivity contribution in [3.63, 3.8) is 0 Å². The second-order valence-corrected chi connectivity index (χ2v) is 8.21. The van der Waals surface area contributed by atoms with Crippen LogP contribution in [0, 0.1) is 0 Å². The van der Waals surface area contributed by atoms with Crippen molar-refractivity contribution in [2.45, 2.75) is 0 Å². The molecule has 29 heavy (non-hydrogen) atoms. The molecular weight excluding hydrogens is 455 g/mol. The summed E-state index contributed by atoms with van der Waals surface area (Å²) in [4.78, 5) is 25.6. The average molecular weight is 469 g/mol. The van der Waals surface area contributed by atoms with Crippen LogP contribution in [-0.4, -0.2) is 35.4 Å². The van der Waals surface area contributed by atoms with Crippen molar-refractivity contribution >= 4 is 69.4 Å². The summed E-state index contributed by atoms with van der Waals surface area (Å²) in [6, 6.07) is 9.66. The van der Waals surface area contributed by atoms with Gasteiger partial charge in [-0.05, 0) is 48.6 Å². The number of benzene rings is 2. The van der Waals surface area contributed by atoms with Crippen LogP contribution in [0.15, 0.2) is 41.3 Å². The fourth-order valence-corrected chi connectivity index (χ4v) is 4.14. The molecule has 0 spiro atoms. The van der Waals surface area contributed by atoms with Crippen LogP contribution in [0.4, 0.5) is 0 Å². The number of hydrazine groups is 1. The Kier molecular flexibility index (Phi) is 6.69. The molecule has 2 aromatic carbocycles. The van der Waals surface area contributed by atoms with Crippen LogP contribution in [0.1, 0.15) is 15.9 Å². The van der Waals surface area contributed by atoms with Gasteiger partial charge in [0, 0.05) is 16.7 Å². The summed E-state index contributed by atoms with van der Waals surface area (Å²) in [6.45, 7) is 0. The van der Waals surface area contributed by atoms with E-state index in [9.17, 15) is 9.59 Å². The molecule has 1 saturated heterocycles. The topological polar surface area (TPSA) is 67.9 Å². The number of halogens is 2.